The molecule has 294 valence electrons. The minimum atomic E-state index is -1.88. The first-order valence-corrected chi connectivity index (χ1v) is 16.2. The molecule has 17 N–H and O–H groups in total. The first kappa shape index (κ1) is 43.4. The van der Waals surface area contributed by atoms with Crippen LogP contribution < -0.4 is 44.2 Å². The van der Waals surface area contributed by atoms with Crippen LogP contribution in [0.1, 0.15) is 32.1 Å². The van der Waals surface area contributed by atoms with Gasteiger partial charge in [0.25, 0.3) is 0 Å². The number of carboxylic acids is 1. The van der Waals surface area contributed by atoms with Gasteiger partial charge in [-0.15, -0.1) is 0 Å². The van der Waals surface area contributed by atoms with Gasteiger partial charge in [0.2, 0.25) is 35.4 Å². The van der Waals surface area contributed by atoms with Crippen LogP contribution in [-0.2, 0) is 43.0 Å². The number of carboxylic acid groups (broad SMARTS) is 1. The highest BCUT2D eigenvalue weighted by molar-refractivity contribution is 5.96. The molecule has 0 aromatic carbocycles. The molecule has 2 aliphatic heterocycles. The molecule has 2 fully saturated rings. The summed E-state index contributed by atoms with van der Waals surface area (Å²) in [5.74, 6) is -7.28. The summed E-state index contributed by atoms with van der Waals surface area (Å²) in [6.45, 7) is -2.69. The third-order valence-corrected chi connectivity index (χ3v) is 7.99. The molecule has 0 bridgehead atoms. The van der Waals surface area contributed by atoms with Crippen molar-refractivity contribution in [1.29, 1.82) is 0 Å². The number of likely N-dealkylation sites (tertiary alicyclic amines) is 1. The minimum Gasteiger partial charge on any atom is -0.481 e. The van der Waals surface area contributed by atoms with Crippen LogP contribution in [0.25, 0.3) is 0 Å². The molecular weight excluding hydrogens is 700 g/mol. The monoisotopic (exact) mass is 748 g/mol. The van der Waals surface area contributed by atoms with E-state index in [1.165, 1.54) is 0 Å². The number of amides is 6. The molecule has 0 aliphatic carbocycles. The maximum atomic E-state index is 13.6. The number of nitrogens with two attached hydrogens (primary N) is 4. The maximum absolute atomic E-state index is 13.6. The van der Waals surface area contributed by atoms with Gasteiger partial charge in [0.1, 0.15) is 48.6 Å². The molecule has 2 heterocycles. The molecule has 2 rings (SSSR count). The van der Waals surface area contributed by atoms with Gasteiger partial charge in [0.05, 0.1) is 32.7 Å². The van der Waals surface area contributed by atoms with E-state index in [9.17, 15) is 59.1 Å². The summed E-state index contributed by atoms with van der Waals surface area (Å²) in [6.07, 6.45) is -8.73. The second-order valence-corrected chi connectivity index (χ2v) is 11.9. The van der Waals surface area contributed by atoms with Gasteiger partial charge in [-0.1, -0.05) is 0 Å². The number of aliphatic hydroxyl groups excluding tert-OH is 4. The SMILES string of the molecule is NCC(=O)N[C@@H](CCCN=C(N)N)C(=O)NCC(=O)N[C@@H](CC(=O)O)C(=O)N[C@@H](CO[C@@H]1O[C@H](CO)[C@@H](O)[C@H](O)[C@H]1O)C(=O)N1CCC[C@H]1C(N)=O. The number of ether oxygens (including phenoxy) is 2. The zero-order valence-electron chi connectivity index (χ0n) is 28.1. The Balaban J connectivity index is 2.19. The van der Waals surface area contributed by atoms with Crippen molar-refractivity contribution in [3.05, 3.63) is 0 Å². The van der Waals surface area contributed by atoms with Crippen molar-refractivity contribution < 1.29 is 68.6 Å². The predicted octanol–water partition coefficient (Wildman–Crippen LogP) is -8.66. The number of carbonyl (C=O) groups excluding carboxylic acids is 6. The van der Waals surface area contributed by atoms with Crippen molar-refractivity contribution >= 4 is 47.4 Å². The fourth-order valence-corrected chi connectivity index (χ4v) is 5.32. The van der Waals surface area contributed by atoms with Gasteiger partial charge < -0.3 is 84.1 Å². The number of rotatable bonds is 20. The Morgan fingerprint density at radius 1 is 0.904 bits per heavy atom. The van der Waals surface area contributed by atoms with Gasteiger partial charge in [-0.3, -0.25) is 38.6 Å². The molecule has 0 aromatic rings. The predicted molar refractivity (Wildman–Crippen MR) is 174 cm³/mol. The van der Waals surface area contributed by atoms with E-state index < -0.39 is 129 Å². The number of aliphatic imine (C=N–C) groups is 1. The van der Waals surface area contributed by atoms with E-state index >= 15 is 0 Å². The highest BCUT2D eigenvalue weighted by Crippen LogP contribution is 2.23. The molecule has 0 aromatic heterocycles. The lowest BCUT2D eigenvalue weighted by Gasteiger charge is -2.40. The third kappa shape index (κ3) is 13.1. The van der Waals surface area contributed by atoms with E-state index in [2.05, 4.69) is 26.3 Å². The number of guanidine groups is 1. The summed E-state index contributed by atoms with van der Waals surface area (Å²) in [6, 6.07) is -5.80. The molecule has 0 spiro atoms. The Bertz CT molecular complexity index is 1320. The van der Waals surface area contributed by atoms with Crippen LogP contribution >= 0.6 is 0 Å². The van der Waals surface area contributed by atoms with Crippen LogP contribution in [0.4, 0.5) is 0 Å². The lowest BCUT2D eigenvalue weighted by atomic mass is 9.99. The molecule has 24 nitrogen and oxygen atoms in total. The van der Waals surface area contributed by atoms with Crippen LogP contribution in [0.5, 0.6) is 0 Å². The molecule has 24 heteroatoms. The van der Waals surface area contributed by atoms with Crippen molar-refractivity contribution in [3.8, 4) is 0 Å². The van der Waals surface area contributed by atoms with Crippen molar-refractivity contribution in [2.45, 2.75) is 87.0 Å². The van der Waals surface area contributed by atoms with E-state index in [0.717, 1.165) is 4.90 Å². The molecule has 2 aliphatic rings. The average molecular weight is 749 g/mol. The largest absolute Gasteiger partial charge is 0.481 e. The number of primary amides is 1. The summed E-state index contributed by atoms with van der Waals surface area (Å²) in [5.41, 5.74) is 21.3. The molecule has 9 atom stereocenters. The summed E-state index contributed by atoms with van der Waals surface area (Å²) >= 11 is 0. The van der Waals surface area contributed by atoms with Gasteiger partial charge in [0, 0.05) is 13.1 Å². The highest BCUT2D eigenvalue weighted by atomic mass is 16.7. The Kier molecular flexibility index (Phi) is 17.5. The standard InChI is InChI=1S/C28H48N10O14/c29-8-17(40)35-12(3-1-5-33-28(31)32)24(48)34-9-18(41)36-13(7-19(42)43)25(49)37-14(26(50)38-6-2-4-15(38)23(30)47)11-51-27-22(46)21(45)20(44)16(10-39)52-27/h12-16,20-22,27,39,44-46H,1-11,29H2,(H2,30,47)(H,34,48)(H,35,40)(H,36,41)(H,37,49)(H,42,43)(H4,31,32,33)/t12-,13-,14-,15-,16+,20+,21-,22+,27+/m0/s1. The molecular formula is C28H48N10O14. The molecule has 0 saturated carbocycles. The van der Waals surface area contributed by atoms with Gasteiger partial charge in [-0.05, 0) is 25.7 Å². The van der Waals surface area contributed by atoms with Crippen LogP contribution in [0.2, 0.25) is 0 Å². The number of aliphatic carboxylic acids is 1. The van der Waals surface area contributed by atoms with E-state index in [1.807, 2.05) is 0 Å². The molecule has 6 amide bonds. The fourth-order valence-electron chi connectivity index (χ4n) is 5.32. The van der Waals surface area contributed by atoms with Crippen LogP contribution in [0.15, 0.2) is 4.99 Å². The number of hydrogen-bond donors (Lipinski definition) is 13. The Morgan fingerprint density at radius 3 is 2.17 bits per heavy atom. The van der Waals surface area contributed by atoms with Crippen molar-refractivity contribution in [2.24, 2.45) is 27.9 Å². The van der Waals surface area contributed by atoms with E-state index in [4.69, 9.17) is 32.4 Å². The Labute approximate surface area is 296 Å². The first-order valence-electron chi connectivity index (χ1n) is 16.2. The Hall–Kier alpha value is -4.72. The Morgan fingerprint density at radius 2 is 1.58 bits per heavy atom. The number of hydrogen-bond acceptors (Lipinski definition) is 15. The second-order valence-electron chi connectivity index (χ2n) is 11.9. The second kappa shape index (κ2) is 21.0. The van der Waals surface area contributed by atoms with Gasteiger partial charge in [-0.25, -0.2) is 0 Å². The zero-order valence-corrected chi connectivity index (χ0v) is 28.1. The maximum Gasteiger partial charge on any atom is 0.305 e. The van der Waals surface area contributed by atoms with Crippen molar-refractivity contribution in [3.63, 3.8) is 0 Å². The van der Waals surface area contributed by atoms with Crippen LogP contribution in [0, 0.1) is 0 Å². The van der Waals surface area contributed by atoms with Crippen molar-refractivity contribution in [1.82, 2.24) is 26.2 Å². The topological polar surface area (TPSA) is 407 Å². The number of nitrogens with zero attached hydrogens (tertiary/aromatic N) is 2. The molecule has 0 unspecified atom stereocenters. The average Bonchev–Trinajstić information content (AvgIpc) is 3.59. The first-order chi connectivity index (χ1) is 24.5. The molecule has 52 heavy (non-hydrogen) atoms. The summed E-state index contributed by atoms with van der Waals surface area (Å²) < 4.78 is 10.7. The van der Waals surface area contributed by atoms with Gasteiger partial charge in [0.15, 0.2) is 12.2 Å². The smallest absolute Gasteiger partial charge is 0.305 e. The van der Waals surface area contributed by atoms with E-state index in [-0.39, 0.29) is 38.3 Å². The van der Waals surface area contributed by atoms with Gasteiger partial charge >= 0.3 is 5.97 Å². The summed E-state index contributed by atoms with van der Waals surface area (Å²) in [5, 5.41) is 58.4. The van der Waals surface area contributed by atoms with Crippen molar-refractivity contribution in [2.75, 3.05) is 39.4 Å². The quantitative estimate of drug-likeness (QED) is 0.0312. The lowest BCUT2D eigenvalue weighted by molar-refractivity contribution is -0.301. The molecule has 0 radical (unpaired) electrons. The van der Waals surface area contributed by atoms with Crippen LogP contribution in [-0.4, -0.2) is 172 Å². The van der Waals surface area contributed by atoms with Crippen LogP contribution in [0.3, 0.4) is 0 Å². The lowest BCUT2D eigenvalue weighted by Crippen LogP contribution is -2.61. The summed E-state index contributed by atoms with van der Waals surface area (Å²) in [4.78, 5) is 92.9. The number of nitrogens with one attached hydrogen (secondary N) is 4. The number of aliphatic hydroxyl groups is 4. The zero-order chi connectivity index (χ0) is 39.1. The normalized spacial score (nSPS) is 24.4. The number of carbonyl (C=O) groups is 7. The molecule has 2 saturated heterocycles. The van der Waals surface area contributed by atoms with E-state index in [0.29, 0.717) is 6.42 Å². The van der Waals surface area contributed by atoms with E-state index in [1.54, 1.807) is 0 Å². The fraction of sp³-hybridized carbons (Fsp3) is 0.714. The summed E-state index contributed by atoms with van der Waals surface area (Å²) in [7, 11) is 0. The van der Waals surface area contributed by atoms with Gasteiger partial charge in [-0.2, -0.15) is 0 Å². The third-order valence-electron chi connectivity index (χ3n) is 7.99. The highest BCUT2D eigenvalue weighted by Gasteiger charge is 2.45. The minimum absolute atomic E-state index is 0.0360.